The Labute approximate surface area is 117 Å². The minimum atomic E-state index is -1.29. The molecule has 0 atom stereocenters. The number of benzene rings is 2. The summed E-state index contributed by atoms with van der Waals surface area (Å²) in [5.74, 6) is -4.74. The number of rotatable bonds is 2. The number of hydrogen-bond donors (Lipinski definition) is 2. The van der Waals surface area contributed by atoms with Crippen LogP contribution in [0.3, 0.4) is 0 Å². The molecule has 7 heteroatoms. The van der Waals surface area contributed by atoms with Gasteiger partial charge >= 0.3 is 0 Å². The summed E-state index contributed by atoms with van der Waals surface area (Å²) in [6, 6.07) is 5.02. The van der Waals surface area contributed by atoms with Gasteiger partial charge < -0.3 is 11.1 Å². The van der Waals surface area contributed by atoms with Crippen molar-refractivity contribution in [1.82, 2.24) is 0 Å². The zero-order valence-electron chi connectivity index (χ0n) is 9.88. The molecule has 0 aliphatic rings. The van der Waals surface area contributed by atoms with Crippen molar-refractivity contribution in [2.45, 2.75) is 0 Å². The molecule has 0 aromatic heterocycles. The van der Waals surface area contributed by atoms with E-state index >= 15 is 0 Å². The molecular formula is C13H8ClF3N2O. The molecule has 2 aromatic rings. The molecule has 0 aliphatic heterocycles. The zero-order valence-corrected chi connectivity index (χ0v) is 10.6. The second kappa shape index (κ2) is 5.42. The van der Waals surface area contributed by atoms with Gasteiger partial charge in [-0.1, -0.05) is 11.6 Å². The summed E-state index contributed by atoms with van der Waals surface area (Å²) in [6.45, 7) is 0. The summed E-state index contributed by atoms with van der Waals surface area (Å²) in [7, 11) is 0. The molecule has 0 heterocycles. The number of nitrogen functional groups attached to an aromatic ring is 1. The molecule has 0 spiro atoms. The van der Waals surface area contributed by atoms with E-state index in [1.165, 1.54) is 18.2 Å². The van der Waals surface area contributed by atoms with Crippen LogP contribution in [-0.4, -0.2) is 5.91 Å². The van der Waals surface area contributed by atoms with Gasteiger partial charge in [-0.25, -0.2) is 13.2 Å². The first-order valence-corrected chi connectivity index (χ1v) is 5.77. The maximum atomic E-state index is 13.4. The Bertz CT molecular complexity index is 668. The second-order valence-electron chi connectivity index (χ2n) is 3.93. The van der Waals surface area contributed by atoms with Gasteiger partial charge in [0.05, 0.1) is 10.7 Å². The van der Waals surface area contributed by atoms with Crippen LogP contribution in [0.15, 0.2) is 30.3 Å². The van der Waals surface area contributed by atoms with Crippen molar-refractivity contribution in [3.05, 3.63) is 58.4 Å². The van der Waals surface area contributed by atoms with Gasteiger partial charge in [-0.15, -0.1) is 0 Å². The standard InChI is InChI=1S/C13H8ClF3N2O/c14-8-5-7(1-2-11(8)18)19-13(20)12-9(16)3-6(15)4-10(12)17/h1-5H,18H2,(H,19,20). The zero-order chi connectivity index (χ0) is 14.9. The Hall–Kier alpha value is -2.21. The number of carbonyl (C=O) groups excluding carboxylic acids is 1. The lowest BCUT2D eigenvalue weighted by atomic mass is 10.1. The molecule has 0 unspecified atom stereocenters. The van der Waals surface area contributed by atoms with Crippen molar-refractivity contribution in [3.8, 4) is 0 Å². The molecule has 0 saturated carbocycles. The molecule has 0 bridgehead atoms. The van der Waals surface area contributed by atoms with Crippen LogP contribution >= 0.6 is 11.6 Å². The van der Waals surface area contributed by atoms with Gasteiger partial charge in [0, 0.05) is 17.8 Å². The topological polar surface area (TPSA) is 55.1 Å². The Morgan fingerprint density at radius 1 is 1.10 bits per heavy atom. The van der Waals surface area contributed by atoms with E-state index in [1.54, 1.807) is 0 Å². The van der Waals surface area contributed by atoms with E-state index in [2.05, 4.69) is 5.32 Å². The van der Waals surface area contributed by atoms with Crippen molar-refractivity contribution < 1.29 is 18.0 Å². The van der Waals surface area contributed by atoms with Gasteiger partial charge in [-0.05, 0) is 18.2 Å². The number of nitrogens with two attached hydrogens (primary N) is 1. The fraction of sp³-hybridized carbons (Fsp3) is 0. The van der Waals surface area contributed by atoms with Crippen LogP contribution in [0.1, 0.15) is 10.4 Å². The third-order valence-corrected chi connectivity index (χ3v) is 2.82. The summed E-state index contributed by atoms with van der Waals surface area (Å²) in [6.07, 6.45) is 0. The Kier molecular flexibility index (Phi) is 3.85. The SMILES string of the molecule is Nc1ccc(NC(=O)c2c(F)cc(F)cc2F)cc1Cl. The molecule has 20 heavy (non-hydrogen) atoms. The van der Waals surface area contributed by atoms with Crippen molar-refractivity contribution in [2.75, 3.05) is 11.1 Å². The highest BCUT2D eigenvalue weighted by molar-refractivity contribution is 6.33. The monoisotopic (exact) mass is 300 g/mol. The summed E-state index contributed by atoms with van der Waals surface area (Å²) in [5, 5.41) is 2.43. The molecule has 0 saturated heterocycles. The third kappa shape index (κ3) is 2.85. The first-order valence-electron chi connectivity index (χ1n) is 5.39. The van der Waals surface area contributed by atoms with Crippen LogP contribution in [-0.2, 0) is 0 Å². The van der Waals surface area contributed by atoms with E-state index in [-0.39, 0.29) is 10.7 Å². The van der Waals surface area contributed by atoms with E-state index in [0.29, 0.717) is 17.8 Å². The molecule has 1 amide bonds. The minimum absolute atomic E-state index is 0.183. The van der Waals surface area contributed by atoms with Crippen molar-refractivity contribution in [3.63, 3.8) is 0 Å². The smallest absolute Gasteiger partial charge is 0.261 e. The van der Waals surface area contributed by atoms with Crippen LogP contribution in [0.4, 0.5) is 24.5 Å². The van der Waals surface area contributed by atoms with Crippen LogP contribution < -0.4 is 11.1 Å². The number of anilines is 2. The average molecular weight is 301 g/mol. The first kappa shape index (κ1) is 14.2. The fourth-order valence-corrected chi connectivity index (χ4v) is 1.74. The average Bonchev–Trinajstić information content (AvgIpc) is 2.32. The van der Waals surface area contributed by atoms with E-state index in [0.717, 1.165) is 0 Å². The molecule has 0 aliphatic carbocycles. The quantitative estimate of drug-likeness (QED) is 0.833. The van der Waals surface area contributed by atoms with Gasteiger partial charge in [0.15, 0.2) is 0 Å². The van der Waals surface area contributed by atoms with Gasteiger partial charge in [0.1, 0.15) is 23.0 Å². The molecule has 3 N–H and O–H groups in total. The lowest BCUT2D eigenvalue weighted by Gasteiger charge is -2.08. The molecule has 0 radical (unpaired) electrons. The lowest BCUT2D eigenvalue weighted by Crippen LogP contribution is -2.16. The minimum Gasteiger partial charge on any atom is -0.398 e. The van der Waals surface area contributed by atoms with Crippen molar-refractivity contribution in [1.29, 1.82) is 0 Å². The highest BCUT2D eigenvalue weighted by Crippen LogP contribution is 2.23. The summed E-state index contributed by atoms with van der Waals surface area (Å²) < 4.78 is 39.6. The second-order valence-corrected chi connectivity index (χ2v) is 4.34. The summed E-state index contributed by atoms with van der Waals surface area (Å²) in [5.41, 5.74) is 5.11. The van der Waals surface area contributed by atoms with E-state index in [4.69, 9.17) is 17.3 Å². The predicted molar refractivity (Wildman–Crippen MR) is 70.1 cm³/mol. The van der Waals surface area contributed by atoms with Gasteiger partial charge in [-0.2, -0.15) is 0 Å². The Morgan fingerprint density at radius 2 is 1.70 bits per heavy atom. The molecule has 3 nitrogen and oxygen atoms in total. The number of carbonyl (C=O) groups is 1. The van der Waals surface area contributed by atoms with E-state index < -0.39 is 28.9 Å². The third-order valence-electron chi connectivity index (χ3n) is 2.49. The predicted octanol–water partition coefficient (Wildman–Crippen LogP) is 3.59. The summed E-state index contributed by atoms with van der Waals surface area (Å²) in [4.78, 5) is 11.8. The number of amides is 1. The number of hydrogen-bond acceptors (Lipinski definition) is 2. The Balaban J connectivity index is 2.31. The molecular weight excluding hydrogens is 293 g/mol. The first-order chi connectivity index (χ1) is 9.38. The molecule has 0 fully saturated rings. The Morgan fingerprint density at radius 3 is 2.25 bits per heavy atom. The summed E-state index contributed by atoms with van der Waals surface area (Å²) >= 11 is 5.75. The van der Waals surface area contributed by atoms with Gasteiger partial charge in [0.2, 0.25) is 0 Å². The van der Waals surface area contributed by atoms with Crippen LogP contribution in [0, 0.1) is 17.5 Å². The van der Waals surface area contributed by atoms with E-state index in [9.17, 15) is 18.0 Å². The molecule has 2 aromatic carbocycles. The highest BCUT2D eigenvalue weighted by Gasteiger charge is 2.19. The van der Waals surface area contributed by atoms with Crippen molar-refractivity contribution >= 4 is 28.9 Å². The number of halogens is 4. The number of nitrogens with one attached hydrogen (secondary N) is 1. The normalized spacial score (nSPS) is 10.4. The van der Waals surface area contributed by atoms with Crippen LogP contribution in [0.2, 0.25) is 5.02 Å². The highest BCUT2D eigenvalue weighted by atomic mass is 35.5. The lowest BCUT2D eigenvalue weighted by molar-refractivity contribution is 0.101. The van der Waals surface area contributed by atoms with Crippen LogP contribution in [0.5, 0.6) is 0 Å². The molecule has 2 rings (SSSR count). The largest absolute Gasteiger partial charge is 0.398 e. The van der Waals surface area contributed by atoms with E-state index in [1.807, 2.05) is 0 Å². The fourth-order valence-electron chi connectivity index (χ4n) is 1.56. The van der Waals surface area contributed by atoms with Crippen LogP contribution in [0.25, 0.3) is 0 Å². The molecule has 104 valence electrons. The maximum absolute atomic E-state index is 13.4. The maximum Gasteiger partial charge on any atom is 0.261 e. The van der Waals surface area contributed by atoms with Gasteiger partial charge in [-0.3, -0.25) is 4.79 Å². The van der Waals surface area contributed by atoms with Gasteiger partial charge in [0.25, 0.3) is 5.91 Å². The van der Waals surface area contributed by atoms with Crippen molar-refractivity contribution in [2.24, 2.45) is 0 Å².